The van der Waals surface area contributed by atoms with E-state index in [0.29, 0.717) is 22.7 Å². The molecule has 0 atom stereocenters. The fraction of sp³-hybridized carbons (Fsp3) is 0.133. The molecule has 0 aromatic heterocycles. The van der Waals surface area contributed by atoms with Gasteiger partial charge in [0, 0.05) is 34.9 Å². The van der Waals surface area contributed by atoms with Crippen LogP contribution in [0.2, 0.25) is 0 Å². The van der Waals surface area contributed by atoms with Gasteiger partial charge in [-0.3, -0.25) is 9.59 Å². The number of hydrogen-bond acceptors (Lipinski definition) is 15. The number of nitrogens with one attached hydrogen (secondary N) is 2. The number of carbonyl (C=O) groups is 2. The van der Waals surface area contributed by atoms with Crippen molar-refractivity contribution in [2.24, 2.45) is 0 Å². The van der Waals surface area contributed by atoms with Crippen LogP contribution in [0, 0.1) is 109 Å². The number of ether oxygens (including phenoxy) is 2. The van der Waals surface area contributed by atoms with Gasteiger partial charge in [-0.15, -0.1) is 0 Å². The minimum atomic E-state index is -1.75. The second-order valence-corrected chi connectivity index (χ2v) is 8.74. The third-order valence-corrected chi connectivity index (χ3v) is 5.35. The van der Waals surface area contributed by atoms with Gasteiger partial charge in [0.25, 0.3) is 0 Å². The molecule has 0 saturated heterocycles. The van der Waals surface area contributed by atoms with Gasteiger partial charge in [-0.25, -0.2) is 0 Å². The molecule has 0 amide bonds. The second kappa shape index (κ2) is 25.7. The SMILES string of the molecule is COC1=CC=C/C(=C/Nc2ccc(C)cc2)C1=O.COC1=CC=C/C(=C/Nc2ccc(C)cc2)C1=O.O=[N+]([O-])[O-].O=[N+]([O-])[O-].O=[N+]([O-])[O-].[Eu+3]. The predicted octanol–water partition coefficient (Wildman–Crippen LogP) is 5.20. The molecule has 0 bridgehead atoms. The average molecular weight is 821 g/mol. The minimum absolute atomic E-state index is 0. The molecule has 0 radical (unpaired) electrons. The Kier molecular flexibility index (Phi) is 23.9. The van der Waals surface area contributed by atoms with Gasteiger partial charge in [-0.1, -0.05) is 47.5 Å². The molecule has 2 aliphatic rings. The van der Waals surface area contributed by atoms with Crippen LogP contribution in [0.3, 0.4) is 0 Å². The zero-order valence-corrected chi connectivity index (χ0v) is 28.7. The number of benzene rings is 2. The number of ketones is 2. The zero-order chi connectivity index (χ0) is 36.6. The number of methoxy groups -OCH3 is 2. The van der Waals surface area contributed by atoms with Gasteiger partial charge < -0.3 is 66.1 Å². The van der Waals surface area contributed by atoms with Crippen LogP contribution in [0.1, 0.15) is 11.1 Å². The summed E-state index contributed by atoms with van der Waals surface area (Å²) in [5.41, 5.74) is 5.45. The van der Waals surface area contributed by atoms with Gasteiger partial charge in [0.2, 0.25) is 11.6 Å². The molecule has 0 heterocycles. The van der Waals surface area contributed by atoms with Crippen LogP contribution >= 0.6 is 0 Å². The Hall–Kier alpha value is -5.40. The first kappa shape index (κ1) is 45.7. The summed E-state index contributed by atoms with van der Waals surface area (Å²) in [7, 11) is 2.99. The average Bonchev–Trinajstić information content (AvgIpc) is 3.01. The first-order valence-corrected chi connectivity index (χ1v) is 13.1. The molecule has 0 aliphatic heterocycles. The molecule has 18 nitrogen and oxygen atoms in total. The van der Waals surface area contributed by atoms with Gasteiger partial charge in [0.1, 0.15) is 0 Å². The molecular formula is C30H30EuN5O13. The number of allylic oxidation sites excluding steroid dienone is 8. The summed E-state index contributed by atoms with van der Waals surface area (Å²) in [6, 6.07) is 15.9. The fourth-order valence-corrected chi connectivity index (χ4v) is 3.24. The summed E-state index contributed by atoms with van der Waals surface area (Å²) >= 11 is 0. The fourth-order valence-electron chi connectivity index (χ4n) is 3.24. The summed E-state index contributed by atoms with van der Waals surface area (Å²) in [6.45, 7) is 4.07. The molecule has 0 fully saturated rings. The molecule has 2 aromatic carbocycles. The summed E-state index contributed by atoms with van der Waals surface area (Å²) in [5.74, 6) is 0.489. The molecule has 4 rings (SSSR count). The van der Waals surface area contributed by atoms with Crippen molar-refractivity contribution in [3.8, 4) is 0 Å². The summed E-state index contributed by atoms with van der Waals surface area (Å²) < 4.78 is 9.99. The Labute approximate surface area is 320 Å². The van der Waals surface area contributed by atoms with E-state index in [1.54, 1.807) is 48.9 Å². The maximum absolute atomic E-state index is 11.9. The Morgan fingerprint density at radius 1 is 0.571 bits per heavy atom. The molecule has 2 aliphatic carbocycles. The second-order valence-electron chi connectivity index (χ2n) is 8.74. The molecule has 2 aromatic rings. The maximum atomic E-state index is 11.9. The standard InChI is InChI=1S/2C15H15NO2.Eu.3NO3/c2*1-11-6-8-13(9-7-11)16-10-12-4-3-5-14(18-2)15(12)17;;3*2-1(3)4/h2*3-10,16H,1-2H3;;;;/q;;+3;3*-1/b2*12-10-;;;;. The summed E-state index contributed by atoms with van der Waals surface area (Å²) in [6.07, 6.45) is 13.8. The normalized spacial score (nSPS) is 13.7. The monoisotopic (exact) mass is 821 g/mol. The van der Waals surface area contributed by atoms with Crippen molar-refractivity contribution in [1.82, 2.24) is 0 Å². The van der Waals surface area contributed by atoms with Crippen molar-refractivity contribution >= 4 is 22.9 Å². The van der Waals surface area contributed by atoms with E-state index in [0.717, 1.165) is 11.4 Å². The quantitative estimate of drug-likeness (QED) is 0.215. The van der Waals surface area contributed by atoms with Crippen LogP contribution in [0.25, 0.3) is 0 Å². The largest absolute Gasteiger partial charge is 3.00 e. The van der Waals surface area contributed by atoms with Crippen LogP contribution in [0.4, 0.5) is 11.4 Å². The van der Waals surface area contributed by atoms with Crippen LogP contribution < -0.4 is 10.6 Å². The predicted molar refractivity (Wildman–Crippen MR) is 175 cm³/mol. The Balaban J connectivity index is 0. The third-order valence-electron chi connectivity index (χ3n) is 5.35. The summed E-state index contributed by atoms with van der Waals surface area (Å²) in [4.78, 5) is 48.5. The van der Waals surface area contributed by atoms with E-state index >= 15 is 0 Å². The van der Waals surface area contributed by atoms with Gasteiger partial charge >= 0.3 is 49.4 Å². The van der Waals surface area contributed by atoms with Gasteiger partial charge in [0.05, 0.1) is 29.5 Å². The molecule has 0 saturated carbocycles. The van der Waals surface area contributed by atoms with Crippen molar-refractivity contribution in [1.29, 1.82) is 0 Å². The Bertz CT molecular complexity index is 1460. The van der Waals surface area contributed by atoms with E-state index in [1.807, 2.05) is 62.4 Å². The van der Waals surface area contributed by atoms with Crippen molar-refractivity contribution < 1.29 is 83.7 Å². The van der Waals surface area contributed by atoms with Gasteiger partial charge in [-0.05, 0) is 62.4 Å². The van der Waals surface area contributed by atoms with Crippen LogP contribution in [-0.2, 0) is 19.1 Å². The van der Waals surface area contributed by atoms with Crippen LogP contribution in [0.15, 0.2) is 120 Å². The molecule has 0 unspecified atom stereocenters. The molecule has 260 valence electrons. The molecule has 0 spiro atoms. The van der Waals surface area contributed by atoms with Gasteiger partial charge in [0.15, 0.2) is 11.5 Å². The topological polar surface area (TPSA) is 275 Å². The zero-order valence-electron chi connectivity index (χ0n) is 26.3. The number of hydrogen-bond donors (Lipinski definition) is 2. The van der Waals surface area contributed by atoms with Crippen LogP contribution in [0.5, 0.6) is 0 Å². The molecular weight excluding hydrogens is 790 g/mol. The molecule has 49 heavy (non-hydrogen) atoms. The first-order chi connectivity index (χ1) is 22.6. The number of rotatable bonds is 6. The Morgan fingerprint density at radius 2 is 0.837 bits per heavy atom. The van der Waals surface area contributed by atoms with E-state index < -0.39 is 15.3 Å². The Morgan fingerprint density at radius 3 is 1.08 bits per heavy atom. The van der Waals surface area contributed by atoms with E-state index in [2.05, 4.69) is 10.6 Å². The minimum Gasteiger partial charge on any atom is -0.493 e. The molecule has 19 heteroatoms. The van der Waals surface area contributed by atoms with Crippen molar-refractivity contribution in [2.45, 2.75) is 13.8 Å². The van der Waals surface area contributed by atoms with Crippen molar-refractivity contribution in [3.63, 3.8) is 0 Å². The summed E-state index contributed by atoms with van der Waals surface area (Å²) in [5, 5.41) is 50.4. The number of aryl methyl sites for hydroxylation is 2. The van der Waals surface area contributed by atoms with Crippen LogP contribution in [-0.4, -0.2) is 41.0 Å². The van der Waals surface area contributed by atoms with E-state index in [4.69, 9.17) is 55.4 Å². The third kappa shape index (κ3) is 21.9. The first-order valence-electron chi connectivity index (χ1n) is 13.1. The maximum Gasteiger partial charge on any atom is 3.00 e. The van der Waals surface area contributed by atoms with E-state index in [1.165, 1.54) is 25.3 Å². The van der Waals surface area contributed by atoms with E-state index in [-0.39, 0.29) is 60.9 Å². The smallest absolute Gasteiger partial charge is 0.493 e. The van der Waals surface area contributed by atoms with Crippen molar-refractivity contribution in [3.05, 3.63) is 177 Å². The van der Waals surface area contributed by atoms with Gasteiger partial charge in [-0.2, -0.15) is 0 Å². The number of nitrogens with zero attached hydrogens (tertiary/aromatic N) is 3. The number of Topliss-reactive ketones (excluding diaryl/α,β-unsaturated/α-hetero) is 2. The molecule has 2 N–H and O–H groups in total. The van der Waals surface area contributed by atoms with Crippen molar-refractivity contribution in [2.75, 3.05) is 24.9 Å². The number of anilines is 2. The number of carbonyl (C=O) groups excluding carboxylic acids is 2. The van der Waals surface area contributed by atoms with E-state index in [9.17, 15) is 9.59 Å².